The summed E-state index contributed by atoms with van der Waals surface area (Å²) in [5, 5.41) is 4.03. The Hall–Kier alpha value is -2.24. The van der Waals surface area contributed by atoms with E-state index in [1.54, 1.807) is 29.3 Å². The van der Waals surface area contributed by atoms with Crippen molar-refractivity contribution < 1.29 is 4.79 Å². The number of carbonyl (C=O) groups is 1. The maximum atomic E-state index is 12.5. The highest BCUT2D eigenvalue weighted by molar-refractivity contribution is 5.94. The van der Waals surface area contributed by atoms with Crippen molar-refractivity contribution in [2.24, 2.45) is 0 Å². The van der Waals surface area contributed by atoms with Crippen molar-refractivity contribution in [1.29, 1.82) is 0 Å². The van der Waals surface area contributed by atoms with Crippen LogP contribution in [0.1, 0.15) is 36.0 Å². The lowest BCUT2D eigenvalue weighted by Crippen LogP contribution is -2.31. The first kappa shape index (κ1) is 12.8. The average Bonchev–Trinajstić information content (AvgIpc) is 2.89. The van der Waals surface area contributed by atoms with Gasteiger partial charge in [-0.1, -0.05) is 12.8 Å². The first-order valence-corrected chi connectivity index (χ1v) is 6.95. The fourth-order valence-corrected chi connectivity index (χ4v) is 2.46. The van der Waals surface area contributed by atoms with E-state index < -0.39 is 0 Å². The second-order valence-electron chi connectivity index (χ2n) is 4.95. The minimum atomic E-state index is 0.0793. The van der Waals surface area contributed by atoms with E-state index in [2.05, 4.69) is 15.1 Å². The predicted octanol–water partition coefficient (Wildman–Crippen LogP) is 1.68. The number of rotatable bonds is 2. The molecule has 3 heterocycles. The van der Waals surface area contributed by atoms with E-state index in [1.807, 2.05) is 4.90 Å². The minimum Gasteiger partial charge on any atom is -0.339 e. The van der Waals surface area contributed by atoms with Crippen molar-refractivity contribution >= 4 is 5.91 Å². The zero-order chi connectivity index (χ0) is 13.8. The van der Waals surface area contributed by atoms with Gasteiger partial charge < -0.3 is 4.90 Å². The van der Waals surface area contributed by atoms with E-state index in [0.29, 0.717) is 11.4 Å². The molecule has 1 aliphatic rings. The largest absolute Gasteiger partial charge is 0.339 e. The van der Waals surface area contributed by atoms with Gasteiger partial charge in [0.2, 0.25) is 0 Å². The summed E-state index contributed by atoms with van der Waals surface area (Å²) in [6.07, 6.45) is 9.27. The number of amides is 1. The van der Waals surface area contributed by atoms with Crippen molar-refractivity contribution in [3.8, 4) is 5.82 Å². The normalized spacial score (nSPS) is 15.9. The van der Waals surface area contributed by atoms with Crippen LogP contribution in [0, 0.1) is 0 Å². The number of nitrogens with zero attached hydrogens (tertiary/aromatic N) is 5. The monoisotopic (exact) mass is 271 g/mol. The van der Waals surface area contributed by atoms with Gasteiger partial charge >= 0.3 is 0 Å². The summed E-state index contributed by atoms with van der Waals surface area (Å²) < 4.78 is 1.55. The Morgan fingerprint density at radius 1 is 1.15 bits per heavy atom. The van der Waals surface area contributed by atoms with Gasteiger partial charge in [0.25, 0.3) is 5.91 Å². The maximum absolute atomic E-state index is 12.5. The van der Waals surface area contributed by atoms with Crippen LogP contribution in [0.15, 0.2) is 31.0 Å². The van der Waals surface area contributed by atoms with Crippen LogP contribution in [0.2, 0.25) is 0 Å². The Morgan fingerprint density at radius 2 is 1.95 bits per heavy atom. The number of hydrogen-bond donors (Lipinski definition) is 0. The molecule has 1 amide bonds. The standard InChI is InChI=1S/C14H17N5O/c20-14(18-7-3-1-2-4-8-18)12-5-6-16-13(9-12)19-11-15-10-17-19/h5-6,9-11H,1-4,7-8H2. The van der Waals surface area contributed by atoms with Gasteiger partial charge in [-0.25, -0.2) is 14.6 Å². The molecule has 2 aromatic rings. The SMILES string of the molecule is O=C(c1ccnc(-n2cncn2)c1)N1CCCCCC1. The van der Waals surface area contributed by atoms with E-state index >= 15 is 0 Å². The third-order valence-electron chi connectivity index (χ3n) is 3.54. The van der Waals surface area contributed by atoms with Gasteiger partial charge in [-0.05, 0) is 25.0 Å². The molecular formula is C14H17N5O. The molecule has 1 saturated heterocycles. The molecule has 0 unspecified atom stereocenters. The number of pyridine rings is 1. The van der Waals surface area contributed by atoms with E-state index in [9.17, 15) is 4.79 Å². The Balaban J connectivity index is 1.82. The van der Waals surface area contributed by atoms with Crippen molar-refractivity contribution in [1.82, 2.24) is 24.6 Å². The summed E-state index contributed by atoms with van der Waals surface area (Å²) in [5.74, 6) is 0.693. The Bertz CT molecular complexity index is 573. The number of aromatic nitrogens is 4. The van der Waals surface area contributed by atoms with Crippen LogP contribution in [0.4, 0.5) is 0 Å². The second kappa shape index (κ2) is 5.81. The lowest BCUT2D eigenvalue weighted by atomic mass is 10.2. The van der Waals surface area contributed by atoms with E-state index in [1.165, 1.54) is 19.2 Å². The van der Waals surface area contributed by atoms with Crippen molar-refractivity contribution in [3.05, 3.63) is 36.5 Å². The molecule has 20 heavy (non-hydrogen) atoms. The molecule has 0 saturated carbocycles. The minimum absolute atomic E-state index is 0.0793. The van der Waals surface area contributed by atoms with Gasteiger partial charge in [0, 0.05) is 24.8 Å². The topological polar surface area (TPSA) is 63.9 Å². The van der Waals surface area contributed by atoms with Crippen LogP contribution in [-0.2, 0) is 0 Å². The highest BCUT2D eigenvalue weighted by atomic mass is 16.2. The molecule has 3 rings (SSSR count). The van der Waals surface area contributed by atoms with Gasteiger partial charge in [-0.15, -0.1) is 0 Å². The summed E-state index contributed by atoms with van der Waals surface area (Å²) >= 11 is 0. The van der Waals surface area contributed by atoms with Gasteiger partial charge in [0.1, 0.15) is 12.7 Å². The fourth-order valence-electron chi connectivity index (χ4n) is 2.46. The van der Waals surface area contributed by atoms with Gasteiger partial charge in [-0.2, -0.15) is 5.10 Å². The quantitative estimate of drug-likeness (QED) is 0.833. The first-order valence-electron chi connectivity index (χ1n) is 6.95. The summed E-state index contributed by atoms with van der Waals surface area (Å²) in [6.45, 7) is 1.69. The molecule has 1 aliphatic heterocycles. The molecule has 0 aromatic carbocycles. The van der Waals surface area contributed by atoms with Crippen molar-refractivity contribution in [3.63, 3.8) is 0 Å². The molecule has 0 radical (unpaired) electrons. The lowest BCUT2D eigenvalue weighted by molar-refractivity contribution is 0.0761. The zero-order valence-electron chi connectivity index (χ0n) is 11.3. The van der Waals surface area contributed by atoms with E-state index in [4.69, 9.17) is 0 Å². The Morgan fingerprint density at radius 3 is 2.65 bits per heavy atom. The fraction of sp³-hybridized carbons (Fsp3) is 0.429. The molecule has 0 atom stereocenters. The third kappa shape index (κ3) is 2.68. The predicted molar refractivity (Wildman–Crippen MR) is 73.5 cm³/mol. The highest BCUT2D eigenvalue weighted by Gasteiger charge is 2.17. The Kier molecular flexibility index (Phi) is 3.71. The molecule has 0 N–H and O–H groups in total. The van der Waals surface area contributed by atoms with Crippen LogP contribution in [0.3, 0.4) is 0 Å². The van der Waals surface area contributed by atoms with Gasteiger partial charge in [0.15, 0.2) is 5.82 Å². The van der Waals surface area contributed by atoms with Crippen molar-refractivity contribution in [2.45, 2.75) is 25.7 Å². The van der Waals surface area contributed by atoms with Gasteiger partial charge in [-0.3, -0.25) is 4.79 Å². The average molecular weight is 271 g/mol. The second-order valence-corrected chi connectivity index (χ2v) is 4.95. The number of hydrogen-bond acceptors (Lipinski definition) is 4. The third-order valence-corrected chi connectivity index (χ3v) is 3.54. The molecule has 2 aromatic heterocycles. The molecular weight excluding hydrogens is 254 g/mol. The number of carbonyl (C=O) groups excluding carboxylic acids is 1. The summed E-state index contributed by atoms with van der Waals surface area (Å²) in [7, 11) is 0. The number of likely N-dealkylation sites (tertiary alicyclic amines) is 1. The van der Waals surface area contributed by atoms with Crippen LogP contribution < -0.4 is 0 Å². The molecule has 6 nitrogen and oxygen atoms in total. The Labute approximate surface area is 117 Å². The van der Waals surface area contributed by atoms with Crippen LogP contribution in [0.5, 0.6) is 0 Å². The smallest absolute Gasteiger partial charge is 0.254 e. The van der Waals surface area contributed by atoms with Gasteiger partial charge in [0.05, 0.1) is 0 Å². The molecule has 104 valence electrons. The van der Waals surface area contributed by atoms with Crippen molar-refractivity contribution in [2.75, 3.05) is 13.1 Å². The molecule has 6 heteroatoms. The summed E-state index contributed by atoms with van der Waals surface area (Å²) in [6, 6.07) is 3.52. The van der Waals surface area contributed by atoms with Crippen LogP contribution >= 0.6 is 0 Å². The van der Waals surface area contributed by atoms with E-state index in [0.717, 1.165) is 25.9 Å². The lowest BCUT2D eigenvalue weighted by Gasteiger charge is -2.20. The maximum Gasteiger partial charge on any atom is 0.254 e. The van der Waals surface area contributed by atoms with E-state index in [-0.39, 0.29) is 5.91 Å². The summed E-state index contributed by atoms with van der Waals surface area (Å²) in [4.78, 5) is 22.6. The molecule has 1 fully saturated rings. The molecule has 0 spiro atoms. The molecule has 0 bridgehead atoms. The zero-order valence-corrected chi connectivity index (χ0v) is 11.3. The highest BCUT2D eigenvalue weighted by Crippen LogP contribution is 2.14. The first-order chi connectivity index (χ1) is 9.84. The summed E-state index contributed by atoms with van der Waals surface area (Å²) in [5.41, 5.74) is 0.660. The van der Waals surface area contributed by atoms with Crippen LogP contribution in [-0.4, -0.2) is 43.6 Å². The van der Waals surface area contributed by atoms with Crippen LogP contribution in [0.25, 0.3) is 5.82 Å². The molecule has 0 aliphatic carbocycles.